The zero-order chi connectivity index (χ0) is 39.8. The van der Waals surface area contributed by atoms with Crippen LogP contribution in [0.3, 0.4) is 0 Å². The van der Waals surface area contributed by atoms with Crippen LogP contribution >= 0.6 is 0 Å². The molecule has 2 saturated heterocycles. The lowest BCUT2D eigenvalue weighted by Gasteiger charge is -2.32. The fourth-order valence-electron chi connectivity index (χ4n) is 9.28. The molecule has 7 heteroatoms. The van der Waals surface area contributed by atoms with Gasteiger partial charge in [-0.05, 0) is 154 Å². The fraction of sp³-hybridized carbons (Fsp3) is 0.353. The van der Waals surface area contributed by atoms with E-state index in [9.17, 15) is 9.59 Å². The van der Waals surface area contributed by atoms with E-state index in [1.54, 1.807) is 24.5 Å². The molecule has 7 aromatic rings. The van der Waals surface area contributed by atoms with Gasteiger partial charge >= 0.3 is 0 Å². The number of pyridine rings is 1. The molecule has 9 rings (SSSR count). The number of benzene rings is 4. The molecule has 2 N–H and O–H groups in total. The Morgan fingerprint density at radius 1 is 0.603 bits per heavy atom. The number of nitrogens with one attached hydrogen (secondary N) is 2. The predicted molar refractivity (Wildman–Crippen MR) is 238 cm³/mol. The van der Waals surface area contributed by atoms with E-state index in [1.165, 1.54) is 92.9 Å². The molecule has 0 unspecified atom stereocenters. The number of fused-ring (bicyclic) bond motifs is 3. The first-order chi connectivity index (χ1) is 28.5. The number of nitrogens with zero attached hydrogens (tertiary/aromatic N) is 3. The number of H-pyrrole nitrogens is 2. The number of carbonyl (C=O) groups is 2. The lowest BCUT2D eigenvalue weighted by atomic mass is 9.88. The Labute approximate surface area is 342 Å². The third-order valence-electron chi connectivity index (χ3n) is 12.8. The third kappa shape index (κ3) is 8.71. The average molecular weight is 772 g/mol. The second kappa shape index (κ2) is 18.5. The summed E-state index contributed by atoms with van der Waals surface area (Å²) in [6.45, 7) is 11.5. The molecule has 0 saturated carbocycles. The number of unbranched alkanes of at least 4 members (excludes halogenated alkanes) is 3. The number of likely N-dealkylation sites (tertiary alicyclic amines) is 2. The van der Waals surface area contributed by atoms with E-state index in [0.29, 0.717) is 17.4 Å². The number of hydrogen-bond acceptors (Lipinski definition) is 5. The van der Waals surface area contributed by atoms with Crippen molar-refractivity contribution in [2.45, 2.75) is 77.0 Å². The van der Waals surface area contributed by atoms with Gasteiger partial charge in [0.15, 0.2) is 11.6 Å². The molecule has 0 amide bonds. The number of hydrogen-bond donors (Lipinski definition) is 2. The maximum Gasteiger partial charge on any atom is 0.193 e. The van der Waals surface area contributed by atoms with Crippen LogP contribution in [-0.2, 0) is 0 Å². The summed E-state index contributed by atoms with van der Waals surface area (Å²) in [5.74, 6) is 1.29. The zero-order valence-electron chi connectivity index (χ0n) is 34.2. The predicted octanol–water partition coefficient (Wildman–Crippen LogP) is 11.3. The Kier molecular flexibility index (Phi) is 12.6. The molecule has 0 bridgehead atoms. The van der Waals surface area contributed by atoms with E-state index in [4.69, 9.17) is 0 Å². The Hall–Kier alpha value is -5.37. The van der Waals surface area contributed by atoms with E-state index < -0.39 is 0 Å². The van der Waals surface area contributed by atoms with Crippen molar-refractivity contribution in [1.82, 2.24) is 24.8 Å². The van der Waals surface area contributed by atoms with Crippen molar-refractivity contribution >= 4 is 44.1 Å². The van der Waals surface area contributed by atoms with Gasteiger partial charge in [-0.1, -0.05) is 75.6 Å². The van der Waals surface area contributed by atoms with E-state index in [-0.39, 0.29) is 11.6 Å². The number of rotatable bonds is 12. The van der Waals surface area contributed by atoms with Crippen LogP contribution in [0, 0.1) is 0 Å². The Morgan fingerprint density at radius 2 is 1.19 bits per heavy atom. The highest BCUT2D eigenvalue weighted by Crippen LogP contribution is 2.36. The molecule has 2 fully saturated rings. The second-order valence-corrected chi connectivity index (χ2v) is 16.3. The van der Waals surface area contributed by atoms with Crippen molar-refractivity contribution in [2.24, 2.45) is 0 Å². The van der Waals surface area contributed by atoms with Crippen LogP contribution in [0.1, 0.15) is 120 Å². The first-order valence-electron chi connectivity index (χ1n) is 21.6. The highest BCUT2D eigenvalue weighted by molar-refractivity contribution is 6.17. The van der Waals surface area contributed by atoms with Crippen molar-refractivity contribution in [3.8, 4) is 0 Å². The van der Waals surface area contributed by atoms with Crippen LogP contribution in [0.15, 0.2) is 116 Å². The standard InChI is InChI=1S/C30H34N2O.C21H23N3O/c1-2-3-4-7-17-32-18-15-23(16-19-32)28-21-31-29-14-13-24(20-27(28)29)30(33)26-12-8-10-22-9-5-6-11-25(22)26;1-2-24-11-7-15(8-12-24)19-14-23-20-4-3-17(13-18(19)20)21(25)16-5-9-22-10-6-16/h5-6,8-14,20-21,23,31H,2-4,7,15-19H2,1H3;3-6,9-10,13-15,23H,2,7-8,11-12H2,1H3. The average Bonchev–Trinajstić information content (AvgIpc) is 3.92. The van der Waals surface area contributed by atoms with E-state index in [2.05, 4.69) is 81.3 Å². The summed E-state index contributed by atoms with van der Waals surface area (Å²) in [5, 5.41) is 4.52. The van der Waals surface area contributed by atoms with Crippen LogP contribution in [0.5, 0.6) is 0 Å². The normalized spacial score (nSPS) is 15.8. The lowest BCUT2D eigenvalue weighted by Crippen LogP contribution is -2.33. The molecule has 0 spiro atoms. The first-order valence-corrected chi connectivity index (χ1v) is 21.6. The number of aromatic nitrogens is 3. The SMILES string of the molecule is CCCCCCN1CCC(c2c[nH]c3ccc(C(=O)c4cccc5ccccc45)cc23)CC1.CCN1CCC(c2c[nH]c3ccc(C(=O)c4ccncc4)cc23)CC1. The Morgan fingerprint density at radius 3 is 1.81 bits per heavy atom. The Bertz CT molecular complexity index is 2460. The Balaban J connectivity index is 0.000000168. The number of aromatic amines is 2. The van der Waals surface area contributed by atoms with Crippen LogP contribution in [-0.4, -0.2) is 75.6 Å². The molecule has 0 aliphatic carbocycles. The molecule has 7 nitrogen and oxygen atoms in total. The monoisotopic (exact) mass is 771 g/mol. The second-order valence-electron chi connectivity index (χ2n) is 16.3. The van der Waals surface area contributed by atoms with Crippen molar-refractivity contribution < 1.29 is 9.59 Å². The summed E-state index contributed by atoms with van der Waals surface area (Å²) in [6, 6.07) is 29.8. The van der Waals surface area contributed by atoms with E-state index in [0.717, 1.165) is 58.1 Å². The van der Waals surface area contributed by atoms with Gasteiger partial charge in [0.25, 0.3) is 0 Å². The minimum atomic E-state index is 0.0530. The zero-order valence-corrected chi connectivity index (χ0v) is 34.2. The summed E-state index contributed by atoms with van der Waals surface area (Å²) >= 11 is 0. The maximum atomic E-state index is 13.5. The molecule has 4 aromatic carbocycles. The third-order valence-corrected chi connectivity index (χ3v) is 12.8. The topological polar surface area (TPSA) is 85.1 Å². The maximum absolute atomic E-state index is 13.5. The molecule has 2 aliphatic rings. The molecular formula is C51H57N5O2. The van der Waals surface area contributed by atoms with Crippen LogP contribution in [0.4, 0.5) is 0 Å². The van der Waals surface area contributed by atoms with Gasteiger partial charge in [0.1, 0.15) is 0 Å². The summed E-state index contributed by atoms with van der Waals surface area (Å²) in [6.07, 6.45) is 17.7. The molecule has 2 aliphatic heterocycles. The molecule has 298 valence electrons. The minimum Gasteiger partial charge on any atom is -0.361 e. The molecule has 0 radical (unpaired) electrons. The smallest absolute Gasteiger partial charge is 0.193 e. The molecule has 3 aromatic heterocycles. The number of carbonyl (C=O) groups excluding carboxylic acids is 2. The van der Waals surface area contributed by atoms with Crippen molar-refractivity contribution in [3.05, 3.63) is 149 Å². The molecule has 5 heterocycles. The summed E-state index contributed by atoms with van der Waals surface area (Å²) in [7, 11) is 0. The minimum absolute atomic E-state index is 0.0530. The largest absolute Gasteiger partial charge is 0.361 e. The lowest BCUT2D eigenvalue weighted by molar-refractivity contribution is 0.103. The van der Waals surface area contributed by atoms with Gasteiger partial charge in [0.05, 0.1) is 0 Å². The van der Waals surface area contributed by atoms with Crippen LogP contribution in [0.2, 0.25) is 0 Å². The number of piperidine rings is 2. The van der Waals surface area contributed by atoms with Crippen LogP contribution in [0.25, 0.3) is 32.6 Å². The van der Waals surface area contributed by atoms with Gasteiger partial charge in [0.2, 0.25) is 0 Å². The highest BCUT2D eigenvalue weighted by atomic mass is 16.1. The van der Waals surface area contributed by atoms with Gasteiger partial charge in [-0.25, -0.2) is 0 Å². The molecule has 0 atom stereocenters. The van der Waals surface area contributed by atoms with Crippen LogP contribution < -0.4 is 0 Å². The van der Waals surface area contributed by atoms with Gasteiger partial charge < -0.3 is 19.8 Å². The van der Waals surface area contributed by atoms with Crippen molar-refractivity contribution in [2.75, 3.05) is 39.3 Å². The van der Waals surface area contributed by atoms with Crippen molar-refractivity contribution in [3.63, 3.8) is 0 Å². The fourth-order valence-corrected chi connectivity index (χ4v) is 9.28. The highest BCUT2D eigenvalue weighted by Gasteiger charge is 2.25. The molecule has 58 heavy (non-hydrogen) atoms. The van der Waals surface area contributed by atoms with Gasteiger partial charge in [-0.3, -0.25) is 14.6 Å². The van der Waals surface area contributed by atoms with Gasteiger partial charge in [-0.15, -0.1) is 0 Å². The number of ketones is 2. The van der Waals surface area contributed by atoms with Crippen molar-refractivity contribution in [1.29, 1.82) is 0 Å². The molecular weight excluding hydrogens is 715 g/mol. The van der Waals surface area contributed by atoms with Gasteiger partial charge in [-0.2, -0.15) is 0 Å². The summed E-state index contributed by atoms with van der Waals surface area (Å²) in [5.41, 5.74) is 7.95. The summed E-state index contributed by atoms with van der Waals surface area (Å²) in [4.78, 5) is 42.2. The van der Waals surface area contributed by atoms with E-state index >= 15 is 0 Å². The summed E-state index contributed by atoms with van der Waals surface area (Å²) < 4.78 is 0. The first kappa shape index (κ1) is 39.5. The van der Waals surface area contributed by atoms with E-state index in [1.807, 2.05) is 48.5 Å². The van der Waals surface area contributed by atoms with Gasteiger partial charge in [0, 0.05) is 68.8 Å². The quantitative estimate of drug-likeness (QED) is 0.0954.